The molecule has 1 aliphatic heterocycles. The van der Waals surface area contributed by atoms with Crippen LogP contribution in [-0.4, -0.2) is 64.2 Å². The van der Waals surface area contributed by atoms with Crippen molar-refractivity contribution in [2.45, 2.75) is 43.9 Å². The summed E-state index contributed by atoms with van der Waals surface area (Å²) >= 11 is 0. The van der Waals surface area contributed by atoms with Crippen LogP contribution in [0.2, 0.25) is 0 Å². The maximum atomic E-state index is 12.0. The fourth-order valence-corrected chi connectivity index (χ4v) is 3.25. The molecule has 1 aromatic rings. The highest BCUT2D eigenvalue weighted by Crippen LogP contribution is 2.15. The van der Waals surface area contributed by atoms with Crippen molar-refractivity contribution in [2.24, 2.45) is 4.99 Å². The molecule has 0 atom stereocenters. The van der Waals surface area contributed by atoms with E-state index in [1.54, 1.807) is 36.2 Å². The van der Waals surface area contributed by atoms with E-state index in [9.17, 15) is 13.2 Å². The summed E-state index contributed by atoms with van der Waals surface area (Å²) < 4.78 is 31.1. The van der Waals surface area contributed by atoms with E-state index in [2.05, 4.69) is 20.3 Å². The molecule has 0 spiro atoms. The summed E-state index contributed by atoms with van der Waals surface area (Å²) in [7, 11) is -0.387. The first-order valence-corrected chi connectivity index (χ1v) is 10.5. The molecule has 2 rings (SSSR count). The minimum Gasteiger partial charge on any atom is -0.444 e. The van der Waals surface area contributed by atoms with Crippen molar-refractivity contribution in [2.75, 3.05) is 27.2 Å². The molecule has 1 amide bonds. The van der Waals surface area contributed by atoms with E-state index in [4.69, 9.17) is 4.74 Å². The second-order valence-corrected chi connectivity index (χ2v) is 9.39. The van der Waals surface area contributed by atoms with Crippen molar-refractivity contribution >= 4 is 22.1 Å². The highest BCUT2D eigenvalue weighted by molar-refractivity contribution is 7.89. The zero-order valence-corrected chi connectivity index (χ0v) is 17.8. The van der Waals surface area contributed by atoms with Crippen LogP contribution >= 0.6 is 0 Å². The Bertz CT molecular complexity index is 809. The zero-order valence-electron chi connectivity index (χ0n) is 16.9. The SMILES string of the molecule is CN=C(NCc1ccc(S(=O)(=O)NC)cc1)NC1CN(C(=O)OC(C)(C)C)C1. The monoisotopic (exact) mass is 411 g/mol. The van der Waals surface area contributed by atoms with Crippen LogP contribution in [0.4, 0.5) is 4.79 Å². The third-order valence-corrected chi connectivity index (χ3v) is 5.49. The maximum Gasteiger partial charge on any atom is 0.410 e. The molecule has 1 fully saturated rings. The minimum atomic E-state index is -3.44. The molecular weight excluding hydrogens is 382 g/mol. The molecule has 156 valence electrons. The average molecular weight is 412 g/mol. The molecule has 1 aromatic carbocycles. The number of nitrogens with one attached hydrogen (secondary N) is 3. The number of hydrogen-bond donors (Lipinski definition) is 3. The third-order valence-electron chi connectivity index (χ3n) is 4.06. The Balaban J connectivity index is 1.79. The molecule has 0 bridgehead atoms. The topological polar surface area (TPSA) is 112 Å². The zero-order chi connectivity index (χ0) is 20.9. The number of likely N-dealkylation sites (tertiary alicyclic amines) is 1. The molecule has 1 heterocycles. The van der Waals surface area contributed by atoms with E-state index in [-0.39, 0.29) is 17.0 Å². The Hall–Kier alpha value is -2.33. The van der Waals surface area contributed by atoms with Gasteiger partial charge in [-0.2, -0.15) is 0 Å². The molecule has 9 nitrogen and oxygen atoms in total. The van der Waals surface area contributed by atoms with Gasteiger partial charge in [0.25, 0.3) is 0 Å². The summed E-state index contributed by atoms with van der Waals surface area (Å²) in [5, 5.41) is 6.43. The van der Waals surface area contributed by atoms with E-state index in [1.165, 1.54) is 7.05 Å². The Morgan fingerprint density at radius 1 is 1.25 bits per heavy atom. The van der Waals surface area contributed by atoms with Crippen LogP contribution in [0.1, 0.15) is 26.3 Å². The van der Waals surface area contributed by atoms with E-state index in [1.807, 2.05) is 20.8 Å². The summed E-state index contributed by atoms with van der Waals surface area (Å²) in [6, 6.07) is 6.71. The van der Waals surface area contributed by atoms with Gasteiger partial charge in [-0.05, 0) is 45.5 Å². The second kappa shape index (κ2) is 8.78. The molecule has 28 heavy (non-hydrogen) atoms. The maximum absolute atomic E-state index is 12.0. The van der Waals surface area contributed by atoms with E-state index in [0.29, 0.717) is 25.6 Å². The van der Waals surface area contributed by atoms with Crippen LogP contribution < -0.4 is 15.4 Å². The molecule has 0 saturated carbocycles. The molecule has 0 radical (unpaired) electrons. The van der Waals surface area contributed by atoms with Gasteiger partial charge in [-0.15, -0.1) is 0 Å². The summed E-state index contributed by atoms with van der Waals surface area (Å²) in [5.74, 6) is 0.612. The Morgan fingerprint density at radius 3 is 2.36 bits per heavy atom. The summed E-state index contributed by atoms with van der Waals surface area (Å²) in [6.45, 7) is 7.10. The summed E-state index contributed by atoms with van der Waals surface area (Å²) in [4.78, 5) is 18.0. The molecule has 10 heteroatoms. The molecule has 0 aliphatic carbocycles. The minimum absolute atomic E-state index is 0.0989. The lowest BCUT2D eigenvalue weighted by Gasteiger charge is -2.40. The van der Waals surface area contributed by atoms with Crippen LogP contribution in [0, 0.1) is 0 Å². The number of nitrogens with zero attached hydrogens (tertiary/aromatic N) is 2. The number of carbonyl (C=O) groups excluding carboxylic acids is 1. The number of rotatable bonds is 5. The van der Waals surface area contributed by atoms with Gasteiger partial charge in [0.15, 0.2) is 5.96 Å². The number of sulfonamides is 1. The van der Waals surface area contributed by atoms with Gasteiger partial charge in [0.05, 0.1) is 10.9 Å². The van der Waals surface area contributed by atoms with E-state index in [0.717, 1.165) is 5.56 Å². The van der Waals surface area contributed by atoms with Crippen molar-refractivity contribution in [1.29, 1.82) is 0 Å². The predicted molar refractivity (Wildman–Crippen MR) is 108 cm³/mol. The van der Waals surface area contributed by atoms with Crippen molar-refractivity contribution in [3.63, 3.8) is 0 Å². The Morgan fingerprint density at radius 2 is 1.86 bits per heavy atom. The van der Waals surface area contributed by atoms with Gasteiger partial charge in [0.2, 0.25) is 10.0 Å². The smallest absolute Gasteiger partial charge is 0.410 e. The first-order chi connectivity index (χ1) is 13.0. The number of carbonyl (C=O) groups is 1. The lowest BCUT2D eigenvalue weighted by molar-refractivity contribution is 0.00701. The standard InChI is InChI=1S/C18H29N5O4S/c1-18(2,3)27-17(24)23-11-14(12-23)22-16(19-4)21-10-13-6-8-15(9-7-13)28(25,26)20-5/h6-9,14,20H,10-12H2,1-5H3,(H2,19,21,22). The lowest BCUT2D eigenvalue weighted by Crippen LogP contribution is -2.63. The number of aliphatic imine (C=N–C) groups is 1. The second-order valence-electron chi connectivity index (χ2n) is 7.50. The van der Waals surface area contributed by atoms with Crippen LogP contribution in [0.15, 0.2) is 34.2 Å². The third kappa shape index (κ3) is 6.10. The number of benzene rings is 1. The van der Waals surface area contributed by atoms with E-state index < -0.39 is 15.6 Å². The molecular formula is C18H29N5O4S. The van der Waals surface area contributed by atoms with Gasteiger partial charge in [-0.1, -0.05) is 12.1 Å². The largest absolute Gasteiger partial charge is 0.444 e. The quantitative estimate of drug-likeness (QED) is 0.490. The van der Waals surface area contributed by atoms with Crippen LogP contribution in [0.3, 0.4) is 0 Å². The molecule has 0 unspecified atom stereocenters. The fourth-order valence-electron chi connectivity index (χ4n) is 2.52. The van der Waals surface area contributed by atoms with Crippen molar-refractivity contribution in [1.82, 2.24) is 20.3 Å². The van der Waals surface area contributed by atoms with Crippen molar-refractivity contribution in [3.05, 3.63) is 29.8 Å². The number of guanidine groups is 1. The first-order valence-electron chi connectivity index (χ1n) is 9.01. The molecule has 1 saturated heterocycles. The Labute approximate surface area is 166 Å². The van der Waals surface area contributed by atoms with Gasteiger partial charge in [0, 0.05) is 26.7 Å². The number of amides is 1. The summed E-state index contributed by atoms with van der Waals surface area (Å²) in [6.07, 6.45) is -0.315. The van der Waals surface area contributed by atoms with Gasteiger partial charge in [-0.3, -0.25) is 4.99 Å². The fraction of sp³-hybridized carbons (Fsp3) is 0.556. The van der Waals surface area contributed by atoms with Crippen LogP contribution in [-0.2, 0) is 21.3 Å². The van der Waals surface area contributed by atoms with Crippen molar-refractivity contribution in [3.8, 4) is 0 Å². The predicted octanol–water partition coefficient (Wildman–Crippen LogP) is 0.879. The normalized spacial score (nSPS) is 15.8. The highest BCUT2D eigenvalue weighted by Gasteiger charge is 2.34. The number of hydrogen-bond acceptors (Lipinski definition) is 5. The highest BCUT2D eigenvalue weighted by atomic mass is 32.2. The van der Waals surface area contributed by atoms with Gasteiger partial charge < -0.3 is 20.3 Å². The van der Waals surface area contributed by atoms with E-state index >= 15 is 0 Å². The van der Waals surface area contributed by atoms with Gasteiger partial charge in [0.1, 0.15) is 5.60 Å². The van der Waals surface area contributed by atoms with Gasteiger partial charge in [-0.25, -0.2) is 17.9 Å². The molecule has 0 aromatic heterocycles. The van der Waals surface area contributed by atoms with Crippen LogP contribution in [0.5, 0.6) is 0 Å². The van der Waals surface area contributed by atoms with Gasteiger partial charge >= 0.3 is 6.09 Å². The average Bonchev–Trinajstić information content (AvgIpc) is 2.59. The summed E-state index contributed by atoms with van der Waals surface area (Å²) in [5.41, 5.74) is 0.414. The molecule has 1 aliphatic rings. The first kappa shape index (κ1) is 22.0. The van der Waals surface area contributed by atoms with Crippen LogP contribution in [0.25, 0.3) is 0 Å². The van der Waals surface area contributed by atoms with Crippen molar-refractivity contribution < 1.29 is 17.9 Å². The lowest BCUT2D eigenvalue weighted by atomic mass is 10.1. The number of ether oxygens (including phenoxy) is 1. The Kier molecular flexibility index (Phi) is 6.89. The molecule has 3 N–H and O–H groups in total.